The van der Waals surface area contributed by atoms with Crippen LogP contribution in [-0.4, -0.2) is 31.2 Å². The highest BCUT2D eigenvalue weighted by atomic mass is 19.4. The smallest absolute Gasteiger partial charge is 0.426 e. The predicted octanol–water partition coefficient (Wildman–Crippen LogP) is 4.85. The van der Waals surface area contributed by atoms with Crippen LogP contribution in [0.1, 0.15) is 32.1 Å². The molecular weight excluding hydrogens is 326 g/mol. The molecule has 0 spiro atoms. The molecule has 134 valence electrons. The molecule has 2 fully saturated rings. The Morgan fingerprint density at radius 2 is 1.61 bits per heavy atom. The molecule has 2 rings (SSSR count). The highest BCUT2D eigenvalue weighted by molar-refractivity contribution is 5.01. The quantitative estimate of drug-likeness (QED) is 0.373. The van der Waals surface area contributed by atoms with Crippen LogP contribution >= 0.6 is 0 Å². The van der Waals surface area contributed by atoms with Crippen molar-refractivity contribution < 1.29 is 35.8 Å². The van der Waals surface area contributed by atoms with E-state index in [2.05, 4.69) is 16.1 Å². The molecule has 0 aromatic carbocycles. The highest BCUT2D eigenvalue weighted by Crippen LogP contribution is 2.56. The van der Waals surface area contributed by atoms with E-state index in [1.165, 1.54) is 0 Å². The molecule has 0 aliphatic heterocycles. The van der Waals surface area contributed by atoms with Gasteiger partial charge >= 0.3 is 12.4 Å². The van der Waals surface area contributed by atoms with Crippen LogP contribution in [0.3, 0.4) is 0 Å². The van der Waals surface area contributed by atoms with E-state index in [4.69, 9.17) is 0 Å². The van der Waals surface area contributed by atoms with Crippen molar-refractivity contribution in [1.29, 1.82) is 0 Å². The van der Waals surface area contributed by atoms with Crippen LogP contribution in [-0.2, 0) is 9.47 Å². The maximum Gasteiger partial charge on any atom is 0.426 e. The second-order valence-electron chi connectivity index (χ2n) is 6.35. The first-order valence-corrected chi connectivity index (χ1v) is 7.60. The van der Waals surface area contributed by atoms with Gasteiger partial charge in [-0.15, -0.1) is 0 Å². The normalized spacial score (nSPS) is 28.2. The first kappa shape index (κ1) is 18.4. The third-order valence-corrected chi connectivity index (χ3v) is 5.02. The molecule has 0 radical (unpaired) electrons. The lowest BCUT2D eigenvalue weighted by atomic mass is 9.79. The Morgan fingerprint density at radius 1 is 0.957 bits per heavy atom. The molecule has 2 saturated carbocycles. The van der Waals surface area contributed by atoms with E-state index < -0.39 is 43.5 Å². The fourth-order valence-electron chi connectivity index (χ4n) is 3.96. The Bertz CT molecular complexity index is 403. The number of hydrogen-bond acceptors (Lipinski definition) is 2. The highest BCUT2D eigenvalue weighted by Gasteiger charge is 2.73. The van der Waals surface area contributed by atoms with Crippen LogP contribution in [0.4, 0.5) is 26.3 Å². The van der Waals surface area contributed by atoms with Gasteiger partial charge in [0, 0.05) is 0 Å². The lowest BCUT2D eigenvalue weighted by Crippen LogP contribution is -2.60. The maximum absolute atomic E-state index is 13.4. The maximum atomic E-state index is 13.4. The fourth-order valence-corrected chi connectivity index (χ4v) is 3.96. The van der Waals surface area contributed by atoms with Crippen molar-refractivity contribution in [3.05, 3.63) is 12.8 Å². The van der Waals surface area contributed by atoms with Crippen molar-refractivity contribution in [2.24, 2.45) is 17.8 Å². The molecule has 2 nitrogen and oxygen atoms in total. The van der Waals surface area contributed by atoms with Gasteiger partial charge in [-0.1, -0.05) is 13.0 Å². The van der Waals surface area contributed by atoms with Crippen molar-refractivity contribution in [2.75, 3.05) is 13.2 Å². The van der Waals surface area contributed by atoms with Crippen LogP contribution in [0, 0.1) is 17.8 Å². The second-order valence-corrected chi connectivity index (χ2v) is 6.35. The zero-order chi connectivity index (χ0) is 17.3. The summed E-state index contributed by atoms with van der Waals surface area (Å²) in [5.41, 5.74) is -4.13. The number of rotatable bonds is 7. The Balaban J connectivity index is 2.19. The topological polar surface area (TPSA) is 18.5 Å². The molecule has 2 bridgehead atoms. The van der Waals surface area contributed by atoms with Gasteiger partial charge in [0.15, 0.2) is 0 Å². The predicted molar refractivity (Wildman–Crippen MR) is 70.5 cm³/mol. The summed E-state index contributed by atoms with van der Waals surface area (Å²) in [5.74, 6) is -0.400. The molecule has 0 N–H and O–H groups in total. The van der Waals surface area contributed by atoms with Gasteiger partial charge in [0.1, 0.15) is 6.61 Å². The van der Waals surface area contributed by atoms with Gasteiger partial charge in [-0.2, -0.15) is 26.3 Å². The zero-order valence-corrected chi connectivity index (χ0v) is 12.6. The minimum atomic E-state index is -5.53. The van der Waals surface area contributed by atoms with Gasteiger partial charge in [-0.3, -0.25) is 0 Å². The molecule has 0 saturated heterocycles. The summed E-state index contributed by atoms with van der Waals surface area (Å²) in [6.07, 6.45) is -8.40. The number of fused-ring (bicyclic) bond motifs is 2. The number of halogens is 6. The summed E-state index contributed by atoms with van der Waals surface area (Å²) in [5, 5.41) is 0. The lowest BCUT2D eigenvalue weighted by Gasteiger charge is -2.40. The molecule has 23 heavy (non-hydrogen) atoms. The van der Waals surface area contributed by atoms with Crippen molar-refractivity contribution >= 4 is 0 Å². The van der Waals surface area contributed by atoms with Crippen LogP contribution in [0.15, 0.2) is 12.8 Å². The number of hydrogen-bond donors (Lipinski definition) is 0. The summed E-state index contributed by atoms with van der Waals surface area (Å²) in [4.78, 5) is 0. The van der Waals surface area contributed by atoms with Gasteiger partial charge in [-0.25, -0.2) is 0 Å². The Hall–Kier alpha value is -0.920. The van der Waals surface area contributed by atoms with Crippen molar-refractivity contribution in [3.8, 4) is 0 Å². The fraction of sp³-hybridized carbons (Fsp3) is 0.867. The largest absolute Gasteiger partial charge is 0.499 e. The van der Waals surface area contributed by atoms with E-state index in [1.54, 1.807) is 0 Å². The summed E-state index contributed by atoms with van der Waals surface area (Å²) >= 11 is 0. The van der Waals surface area contributed by atoms with Gasteiger partial charge in [0.2, 0.25) is 0 Å². The van der Waals surface area contributed by atoms with Gasteiger partial charge in [0.25, 0.3) is 5.60 Å². The molecular formula is C15H20F6O2. The number of ether oxygens (including phenoxy) is 2. The second kappa shape index (κ2) is 6.53. The molecule has 2 aliphatic carbocycles. The average molecular weight is 346 g/mol. The minimum Gasteiger partial charge on any atom is -0.499 e. The first-order valence-electron chi connectivity index (χ1n) is 7.60. The Morgan fingerprint density at radius 3 is 2.04 bits per heavy atom. The van der Waals surface area contributed by atoms with Crippen molar-refractivity contribution in [2.45, 2.75) is 50.1 Å². The van der Waals surface area contributed by atoms with E-state index in [-0.39, 0.29) is 11.8 Å². The molecule has 8 heteroatoms. The van der Waals surface area contributed by atoms with Crippen LogP contribution in [0.2, 0.25) is 0 Å². The summed E-state index contributed by atoms with van der Waals surface area (Å²) in [6.45, 7) is 1.97. The zero-order valence-electron chi connectivity index (χ0n) is 12.6. The molecule has 0 amide bonds. The van der Waals surface area contributed by atoms with Gasteiger partial charge < -0.3 is 9.47 Å². The summed E-state index contributed by atoms with van der Waals surface area (Å²) in [7, 11) is 0. The van der Waals surface area contributed by atoms with Gasteiger partial charge in [0.05, 0.1) is 12.9 Å². The van der Waals surface area contributed by atoms with Gasteiger partial charge in [-0.05, 0) is 43.4 Å². The molecule has 3 atom stereocenters. The molecule has 2 aliphatic rings. The van der Waals surface area contributed by atoms with E-state index in [0.717, 1.165) is 19.1 Å². The van der Waals surface area contributed by atoms with E-state index >= 15 is 0 Å². The first-order chi connectivity index (χ1) is 10.6. The van der Waals surface area contributed by atoms with Crippen LogP contribution in [0.25, 0.3) is 0 Å². The summed E-state index contributed by atoms with van der Waals surface area (Å²) in [6, 6.07) is 0. The van der Waals surface area contributed by atoms with E-state index in [0.29, 0.717) is 12.8 Å². The van der Waals surface area contributed by atoms with Crippen molar-refractivity contribution in [1.82, 2.24) is 0 Å². The molecule has 0 aromatic heterocycles. The third kappa shape index (κ3) is 3.61. The summed E-state index contributed by atoms with van der Waals surface area (Å²) < 4.78 is 89.2. The molecule has 0 aromatic rings. The lowest BCUT2D eigenvalue weighted by molar-refractivity contribution is -0.387. The van der Waals surface area contributed by atoms with E-state index in [9.17, 15) is 26.3 Å². The van der Waals surface area contributed by atoms with Crippen molar-refractivity contribution in [3.63, 3.8) is 0 Å². The van der Waals surface area contributed by atoms with E-state index in [1.807, 2.05) is 0 Å². The minimum absolute atomic E-state index is 0.0582. The SMILES string of the molecule is C=COCCOC(CC1CC2CCC1C2)(C(F)(F)F)C(F)(F)F. The number of alkyl halides is 6. The Labute approximate surface area is 130 Å². The monoisotopic (exact) mass is 346 g/mol. The standard InChI is InChI=1S/C15H20F6O2/c1-2-22-5-6-23-13(14(16,17)18,15(19,20)21)9-12-8-10-3-4-11(12)7-10/h2,10-12H,1,3-9H2. The average Bonchev–Trinajstić information content (AvgIpc) is 3.01. The van der Waals surface area contributed by atoms with Crippen LogP contribution < -0.4 is 0 Å². The third-order valence-electron chi connectivity index (χ3n) is 5.02. The molecule has 0 heterocycles. The molecule has 3 unspecified atom stereocenters. The Kier molecular flexibility index (Phi) is 5.23. The van der Waals surface area contributed by atoms with Crippen LogP contribution in [0.5, 0.6) is 0 Å².